The van der Waals surface area contributed by atoms with Crippen molar-refractivity contribution in [3.05, 3.63) is 412 Å². The van der Waals surface area contributed by atoms with Gasteiger partial charge in [-0.25, -0.2) is 0 Å². The first-order valence-electron chi connectivity index (χ1n) is 37.2. The smallest absolute Gasteiger partial charge is 0.0991 e. The number of benzene rings is 17. The van der Waals surface area contributed by atoms with Crippen LogP contribution in [0.4, 0.5) is 0 Å². The molecule has 0 unspecified atom stereocenters. The SMILES string of the molecule is N#Cc1ccc(-c2cccc(-n3c4ccccc4c4cc(-c5ccc(-c6ccc7c(c6)c6ccccc6n7-c6cccc(-c7ccccc7)c6)cc5)ccc43)c2)cc1.N#Cc1ccc(-c2cccc(-n3c4ccccc4c4cc(-c5ccc(-c6ccc7c(c6)c6ccccc6n7-c6ccccc6)cc5)ccc43)c2)cc1. The Bertz CT molecular complexity index is 7240. The van der Waals surface area contributed by atoms with E-state index >= 15 is 0 Å². The van der Waals surface area contributed by atoms with Crippen molar-refractivity contribution >= 4 is 87.2 Å². The Morgan fingerprint density at radius 3 is 0.636 bits per heavy atom. The Morgan fingerprint density at radius 2 is 0.345 bits per heavy atom. The van der Waals surface area contributed by atoms with Gasteiger partial charge in [-0.1, -0.05) is 255 Å². The molecule has 0 aliphatic carbocycles. The van der Waals surface area contributed by atoms with E-state index in [0.717, 1.165) is 44.8 Å². The van der Waals surface area contributed by atoms with Crippen LogP contribution in [0.15, 0.2) is 400 Å². The zero-order valence-corrected chi connectivity index (χ0v) is 59.8. The summed E-state index contributed by atoms with van der Waals surface area (Å²) in [7, 11) is 0. The average Bonchev–Trinajstić information content (AvgIpc) is 1.61. The molecule has 0 saturated carbocycles. The second-order valence-electron chi connectivity index (χ2n) is 28.2. The van der Waals surface area contributed by atoms with E-state index < -0.39 is 0 Å². The lowest BCUT2D eigenvalue weighted by atomic mass is 9.98. The molecule has 0 amide bonds. The molecule has 110 heavy (non-hydrogen) atoms. The standard InChI is InChI=1S/C55H35N3.C49H31N3/c56-36-37-20-22-39(23-21-37)43-13-9-15-47(33-43)58-53-19-7-5-17-49(53)51-35-45(29-31-55(51)58)41-26-24-40(25-27-41)44-28-30-54-50(34-44)48-16-4-6-18-52(48)57(54)46-14-8-12-42(32-46)38-10-2-1-3-11-38;50-32-33-17-19-34(20-18-33)37-9-8-12-41(29-37)52-47-16-7-5-14-43(47)45-31-39(26-28-49(45)52)36-23-21-35(22-24-36)38-25-27-48-44(30-38)42-13-4-6-15-46(42)51(48)40-10-2-1-3-11-40/h1-35H;1-31H. The highest BCUT2D eigenvalue weighted by Crippen LogP contribution is 2.42. The molecule has 0 bridgehead atoms. The highest BCUT2D eigenvalue weighted by Gasteiger charge is 2.20. The van der Waals surface area contributed by atoms with Crippen LogP contribution in [0.3, 0.4) is 0 Å². The Hall–Kier alpha value is -15.1. The Balaban J connectivity index is 0.000000145. The number of aromatic nitrogens is 4. The molecule has 0 aliphatic rings. The molecule has 512 valence electrons. The van der Waals surface area contributed by atoms with Gasteiger partial charge in [0.05, 0.1) is 67.4 Å². The van der Waals surface area contributed by atoms with Crippen molar-refractivity contribution < 1.29 is 0 Å². The largest absolute Gasteiger partial charge is 0.309 e. The van der Waals surface area contributed by atoms with E-state index in [2.05, 4.69) is 382 Å². The maximum Gasteiger partial charge on any atom is 0.0991 e. The van der Waals surface area contributed by atoms with Gasteiger partial charge in [0.1, 0.15) is 0 Å². The summed E-state index contributed by atoms with van der Waals surface area (Å²) < 4.78 is 9.47. The third kappa shape index (κ3) is 11.4. The van der Waals surface area contributed by atoms with Gasteiger partial charge < -0.3 is 18.3 Å². The lowest BCUT2D eigenvalue weighted by Gasteiger charge is -2.11. The zero-order valence-electron chi connectivity index (χ0n) is 59.8. The molecule has 4 aromatic heterocycles. The molecule has 0 spiro atoms. The molecule has 0 fully saturated rings. The molecule has 0 aliphatic heterocycles. The number of hydrogen-bond acceptors (Lipinski definition) is 2. The molecule has 0 saturated heterocycles. The maximum absolute atomic E-state index is 9.29. The van der Waals surface area contributed by atoms with E-state index in [1.165, 1.54) is 143 Å². The molecule has 6 heteroatoms. The molecule has 21 rings (SSSR count). The van der Waals surface area contributed by atoms with Crippen molar-refractivity contribution in [3.63, 3.8) is 0 Å². The first-order chi connectivity index (χ1) is 54.4. The minimum Gasteiger partial charge on any atom is -0.309 e. The van der Waals surface area contributed by atoms with Crippen molar-refractivity contribution in [2.75, 3.05) is 0 Å². The Morgan fingerprint density at radius 1 is 0.145 bits per heavy atom. The maximum atomic E-state index is 9.29. The highest BCUT2D eigenvalue weighted by molar-refractivity contribution is 6.14. The molecule has 4 heterocycles. The Labute approximate surface area is 636 Å². The van der Waals surface area contributed by atoms with E-state index in [9.17, 15) is 10.5 Å². The van der Waals surface area contributed by atoms with Gasteiger partial charge >= 0.3 is 0 Å². The van der Waals surface area contributed by atoms with Crippen LogP contribution in [-0.2, 0) is 0 Å². The third-order valence-electron chi connectivity index (χ3n) is 21.9. The van der Waals surface area contributed by atoms with Crippen LogP contribution >= 0.6 is 0 Å². The van der Waals surface area contributed by atoms with Crippen LogP contribution in [0.2, 0.25) is 0 Å². The zero-order chi connectivity index (χ0) is 73.2. The fraction of sp³-hybridized carbons (Fsp3) is 0. The second kappa shape index (κ2) is 27.1. The fourth-order valence-corrected chi connectivity index (χ4v) is 16.6. The predicted molar refractivity (Wildman–Crippen MR) is 458 cm³/mol. The van der Waals surface area contributed by atoms with Crippen molar-refractivity contribution in [3.8, 4) is 113 Å². The predicted octanol–water partition coefficient (Wildman–Crippen LogP) is 27.2. The monoisotopic (exact) mass is 1400 g/mol. The van der Waals surface area contributed by atoms with Gasteiger partial charge in [-0.2, -0.15) is 10.5 Å². The van der Waals surface area contributed by atoms with Gasteiger partial charge in [0.15, 0.2) is 0 Å². The van der Waals surface area contributed by atoms with Gasteiger partial charge in [-0.05, 0) is 223 Å². The van der Waals surface area contributed by atoms with Crippen molar-refractivity contribution in [1.29, 1.82) is 10.5 Å². The Kier molecular flexibility index (Phi) is 15.9. The summed E-state index contributed by atoms with van der Waals surface area (Å²) in [5, 5.41) is 28.4. The normalized spacial score (nSPS) is 11.4. The summed E-state index contributed by atoms with van der Waals surface area (Å²) in [6, 6.07) is 147. The van der Waals surface area contributed by atoms with Crippen LogP contribution in [-0.4, -0.2) is 18.3 Å². The highest BCUT2D eigenvalue weighted by atomic mass is 15.0. The van der Waals surface area contributed by atoms with Crippen LogP contribution in [0.5, 0.6) is 0 Å². The summed E-state index contributed by atoms with van der Waals surface area (Å²) in [5.74, 6) is 0. The lowest BCUT2D eigenvalue weighted by Crippen LogP contribution is -1.94. The van der Waals surface area contributed by atoms with E-state index in [1.54, 1.807) is 0 Å². The quantitative estimate of drug-likeness (QED) is 0.129. The first-order valence-corrected chi connectivity index (χ1v) is 37.2. The van der Waals surface area contributed by atoms with E-state index in [0.29, 0.717) is 11.1 Å². The molecule has 0 radical (unpaired) electrons. The van der Waals surface area contributed by atoms with Gasteiger partial charge in [-0.15, -0.1) is 0 Å². The summed E-state index contributed by atoms with van der Waals surface area (Å²) in [6.07, 6.45) is 0. The molecular formula is C104H66N6. The molecule has 0 atom stereocenters. The summed E-state index contributed by atoms with van der Waals surface area (Å²) in [4.78, 5) is 0. The molecule has 6 nitrogen and oxygen atoms in total. The third-order valence-corrected chi connectivity index (χ3v) is 21.9. The van der Waals surface area contributed by atoms with Gasteiger partial charge in [-0.3, -0.25) is 0 Å². The van der Waals surface area contributed by atoms with Crippen LogP contribution < -0.4 is 0 Å². The van der Waals surface area contributed by atoms with Gasteiger partial charge in [0.25, 0.3) is 0 Å². The molecule has 17 aromatic carbocycles. The number of fused-ring (bicyclic) bond motifs is 12. The van der Waals surface area contributed by atoms with E-state index in [1.807, 2.05) is 48.5 Å². The van der Waals surface area contributed by atoms with Crippen LogP contribution in [0.1, 0.15) is 11.1 Å². The first kappa shape index (κ1) is 64.5. The second-order valence-corrected chi connectivity index (χ2v) is 28.2. The summed E-state index contributed by atoms with van der Waals surface area (Å²) >= 11 is 0. The number of hydrogen-bond donors (Lipinski definition) is 0. The summed E-state index contributed by atoms with van der Waals surface area (Å²) in [5.41, 5.74) is 31.7. The molecule has 0 N–H and O–H groups in total. The summed E-state index contributed by atoms with van der Waals surface area (Å²) in [6.45, 7) is 0. The van der Waals surface area contributed by atoms with Crippen LogP contribution in [0, 0.1) is 22.7 Å². The number of nitriles is 2. The van der Waals surface area contributed by atoms with Gasteiger partial charge in [0.2, 0.25) is 0 Å². The molecule has 21 aromatic rings. The van der Waals surface area contributed by atoms with E-state index in [-0.39, 0.29) is 0 Å². The van der Waals surface area contributed by atoms with E-state index in [4.69, 9.17) is 0 Å². The van der Waals surface area contributed by atoms with Crippen molar-refractivity contribution in [2.45, 2.75) is 0 Å². The average molecular weight is 1400 g/mol. The molecular weight excluding hydrogens is 1330 g/mol. The minimum absolute atomic E-state index is 0.663. The van der Waals surface area contributed by atoms with Crippen molar-refractivity contribution in [2.24, 2.45) is 0 Å². The van der Waals surface area contributed by atoms with Crippen LogP contribution in [0.25, 0.3) is 188 Å². The fourth-order valence-electron chi connectivity index (χ4n) is 16.6. The van der Waals surface area contributed by atoms with Gasteiger partial charge in [0, 0.05) is 65.8 Å². The lowest BCUT2D eigenvalue weighted by molar-refractivity contribution is 1.18. The topological polar surface area (TPSA) is 67.3 Å². The number of rotatable bonds is 11. The minimum atomic E-state index is 0.663. The van der Waals surface area contributed by atoms with Crippen molar-refractivity contribution in [1.82, 2.24) is 18.3 Å². The number of para-hydroxylation sites is 5. The number of nitrogens with zero attached hydrogens (tertiary/aromatic N) is 6.